The minimum Gasteiger partial charge on any atom is -0.393 e. The Morgan fingerprint density at radius 3 is 2.74 bits per heavy atom. The number of nitrogens with two attached hydrogens (primary N) is 1. The van der Waals surface area contributed by atoms with Crippen LogP contribution in [0.1, 0.15) is 30.1 Å². The van der Waals surface area contributed by atoms with Gasteiger partial charge in [-0.1, -0.05) is 0 Å². The van der Waals surface area contributed by atoms with E-state index in [-0.39, 0.29) is 17.3 Å². The Balaban J connectivity index is 2.21. The van der Waals surface area contributed by atoms with Crippen molar-refractivity contribution in [2.75, 3.05) is 18.8 Å². The third-order valence-corrected chi connectivity index (χ3v) is 3.32. The van der Waals surface area contributed by atoms with Crippen molar-refractivity contribution in [2.45, 2.75) is 19.8 Å². The summed E-state index contributed by atoms with van der Waals surface area (Å²) in [5.74, 6) is 0.421. The van der Waals surface area contributed by atoms with E-state index < -0.39 is 4.92 Å². The van der Waals surface area contributed by atoms with Crippen molar-refractivity contribution in [3.05, 3.63) is 33.9 Å². The van der Waals surface area contributed by atoms with Crippen LogP contribution in [0, 0.1) is 16.0 Å². The van der Waals surface area contributed by atoms with Crippen molar-refractivity contribution in [3.63, 3.8) is 0 Å². The topological polar surface area (TPSA) is 89.5 Å². The number of nitrogens with zero attached hydrogens (tertiary/aromatic N) is 2. The van der Waals surface area contributed by atoms with Gasteiger partial charge >= 0.3 is 0 Å². The van der Waals surface area contributed by atoms with Gasteiger partial charge in [0.25, 0.3) is 11.6 Å². The summed E-state index contributed by atoms with van der Waals surface area (Å²) in [6.07, 6.45) is 2.32. The van der Waals surface area contributed by atoms with Gasteiger partial charge in [-0.15, -0.1) is 0 Å². The van der Waals surface area contributed by atoms with Crippen LogP contribution in [-0.4, -0.2) is 28.8 Å². The maximum Gasteiger partial charge on any atom is 0.292 e. The van der Waals surface area contributed by atoms with Crippen molar-refractivity contribution in [3.8, 4) is 0 Å². The lowest BCUT2D eigenvalue weighted by molar-refractivity contribution is -0.383. The molecule has 0 unspecified atom stereocenters. The van der Waals surface area contributed by atoms with Crippen LogP contribution in [0.25, 0.3) is 0 Å². The number of anilines is 1. The summed E-state index contributed by atoms with van der Waals surface area (Å²) >= 11 is 0. The molecule has 1 aliphatic carbocycles. The van der Waals surface area contributed by atoms with Gasteiger partial charge in [0, 0.05) is 24.7 Å². The second-order valence-corrected chi connectivity index (χ2v) is 4.82. The van der Waals surface area contributed by atoms with Gasteiger partial charge in [-0.05, 0) is 37.8 Å². The Labute approximate surface area is 111 Å². The van der Waals surface area contributed by atoms with Gasteiger partial charge in [-0.25, -0.2) is 0 Å². The molecule has 6 nitrogen and oxygen atoms in total. The lowest BCUT2D eigenvalue weighted by atomic mass is 10.1. The van der Waals surface area contributed by atoms with E-state index in [1.54, 1.807) is 11.0 Å². The number of nitro groups is 1. The Bertz CT molecular complexity index is 512. The number of amides is 1. The summed E-state index contributed by atoms with van der Waals surface area (Å²) in [6.45, 7) is 3.24. The van der Waals surface area contributed by atoms with Gasteiger partial charge in [0.05, 0.1) is 4.92 Å². The fraction of sp³-hybridized carbons (Fsp3) is 0.462. The highest BCUT2D eigenvalue weighted by Gasteiger charge is 2.27. The van der Waals surface area contributed by atoms with Crippen LogP contribution in [0.5, 0.6) is 0 Å². The van der Waals surface area contributed by atoms with E-state index in [1.165, 1.54) is 12.1 Å². The SMILES string of the molecule is CCN(CC1CC1)C(=O)c1ccc(N)c([N+](=O)[O-])c1. The second kappa shape index (κ2) is 5.26. The monoisotopic (exact) mass is 263 g/mol. The van der Waals surface area contributed by atoms with Crippen LogP contribution in [0.15, 0.2) is 18.2 Å². The van der Waals surface area contributed by atoms with Crippen LogP contribution < -0.4 is 5.73 Å². The number of hydrogen-bond acceptors (Lipinski definition) is 4. The first-order valence-corrected chi connectivity index (χ1v) is 6.36. The summed E-state index contributed by atoms with van der Waals surface area (Å²) in [5.41, 5.74) is 5.71. The number of rotatable bonds is 5. The van der Waals surface area contributed by atoms with E-state index in [2.05, 4.69) is 0 Å². The summed E-state index contributed by atoms with van der Waals surface area (Å²) in [5, 5.41) is 10.8. The molecular formula is C13H17N3O3. The fourth-order valence-corrected chi connectivity index (χ4v) is 1.99. The van der Waals surface area contributed by atoms with Crippen LogP contribution in [0.4, 0.5) is 11.4 Å². The molecule has 1 saturated carbocycles. The van der Waals surface area contributed by atoms with Gasteiger partial charge in [0.1, 0.15) is 5.69 Å². The highest BCUT2D eigenvalue weighted by atomic mass is 16.6. The molecule has 2 rings (SSSR count). The molecule has 2 N–H and O–H groups in total. The van der Waals surface area contributed by atoms with Crippen molar-refractivity contribution < 1.29 is 9.72 Å². The van der Waals surface area contributed by atoms with Crippen molar-refractivity contribution in [2.24, 2.45) is 5.92 Å². The second-order valence-electron chi connectivity index (χ2n) is 4.82. The maximum absolute atomic E-state index is 12.3. The Morgan fingerprint density at radius 1 is 1.53 bits per heavy atom. The van der Waals surface area contributed by atoms with Gasteiger partial charge in [-0.2, -0.15) is 0 Å². The van der Waals surface area contributed by atoms with Gasteiger partial charge < -0.3 is 10.6 Å². The van der Waals surface area contributed by atoms with Crippen molar-refractivity contribution in [1.29, 1.82) is 0 Å². The normalized spacial score (nSPS) is 14.2. The molecule has 0 radical (unpaired) electrons. The standard InChI is InChI=1S/C13H17N3O3/c1-2-15(8-9-3-4-9)13(17)10-5-6-11(14)12(7-10)16(18)19/h5-7,9H,2-4,8,14H2,1H3. The zero-order valence-corrected chi connectivity index (χ0v) is 10.8. The van der Waals surface area contributed by atoms with E-state index >= 15 is 0 Å². The van der Waals surface area contributed by atoms with Crippen molar-refractivity contribution in [1.82, 2.24) is 4.90 Å². The molecule has 0 spiro atoms. The summed E-state index contributed by atoms with van der Waals surface area (Å²) < 4.78 is 0. The smallest absolute Gasteiger partial charge is 0.292 e. The minimum atomic E-state index is -0.566. The lowest BCUT2D eigenvalue weighted by Gasteiger charge is -2.20. The molecular weight excluding hydrogens is 246 g/mol. The molecule has 19 heavy (non-hydrogen) atoms. The zero-order chi connectivity index (χ0) is 14.0. The average molecular weight is 263 g/mol. The van der Waals surface area contributed by atoms with Gasteiger partial charge in [0.2, 0.25) is 0 Å². The van der Waals surface area contributed by atoms with Crippen LogP contribution in [-0.2, 0) is 0 Å². The molecule has 0 bridgehead atoms. The lowest BCUT2D eigenvalue weighted by Crippen LogP contribution is -2.32. The van der Waals surface area contributed by atoms with Crippen LogP contribution in [0.2, 0.25) is 0 Å². The third-order valence-electron chi connectivity index (χ3n) is 3.32. The predicted octanol–water partition coefficient (Wildman–Crippen LogP) is 2.05. The highest BCUT2D eigenvalue weighted by Crippen LogP contribution is 2.30. The number of hydrogen-bond donors (Lipinski definition) is 1. The maximum atomic E-state index is 12.3. The molecule has 0 atom stereocenters. The van der Waals surface area contributed by atoms with Crippen LogP contribution in [0.3, 0.4) is 0 Å². The van der Waals surface area contributed by atoms with E-state index in [0.717, 1.165) is 19.4 Å². The molecule has 1 aromatic rings. The van der Waals surface area contributed by atoms with E-state index in [9.17, 15) is 14.9 Å². The Hall–Kier alpha value is -2.11. The van der Waals surface area contributed by atoms with Gasteiger partial charge in [0.15, 0.2) is 0 Å². The van der Waals surface area contributed by atoms with Crippen LogP contribution >= 0.6 is 0 Å². The zero-order valence-electron chi connectivity index (χ0n) is 10.8. The molecule has 1 aliphatic rings. The molecule has 102 valence electrons. The van der Waals surface area contributed by atoms with E-state index in [0.29, 0.717) is 18.0 Å². The first-order valence-electron chi connectivity index (χ1n) is 6.36. The highest BCUT2D eigenvalue weighted by molar-refractivity contribution is 5.95. The molecule has 0 heterocycles. The summed E-state index contributed by atoms with van der Waals surface area (Å²) in [4.78, 5) is 24.3. The first kappa shape index (κ1) is 13.3. The average Bonchev–Trinajstić information content (AvgIpc) is 3.19. The van der Waals surface area contributed by atoms with Gasteiger partial charge in [-0.3, -0.25) is 14.9 Å². The molecule has 1 amide bonds. The van der Waals surface area contributed by atoms with E-state index in [1.807, 2.05) is 6.92 Å². The third kappa shape index (κ3) is 3.01. The summed E-state index contributed by atoms with van der Waals surface area (Å²) in [6, 6.07) is 4.21. The number of carbonyl (C=O) groups excluding carboxylic acids is 1. The Kier molecular flexibility index (Phi) is 3.69. The summed E-state index contributed by atoms with van der Waals surface area (Å²) in [7, 11) is 0. The molecule has 0 aromatic heterocycles. The Morgan fingerprint density at radius 2 is 2.21 bits per heavy atom. The minimum absolute atomic E-state index is 0.0757. The fourth-order valence-electron chi connectivity index (χ4n) is 1.99. The number of benzene rings is 1. The van der Waals surface area contributed by atoms with Crippen molar-refractivity contribution >= 4 is 17.3 Å². The quantitative estimate of drug-likeness (QED) is 0.500. The first-order chi connectivity index (χ1) is 9.02. The molecule has 6 heteroatoms. The number of carbonyl (C=O) groups is 1. The predicted molar refractivity (Wildman–Crippen MR) is 71.8 cm³/mol. The number of nitro benzene ring substituents is 1. The molecule has 1 fully saturated rings. The molecule has 1 aromatic carbocycles. The van der Waals surface area contributed by atoms with E-state index in [4.69, 9.17) is 5.73 Å². The number of nitrogen functional groups attached to an aromatic ring is 1. The molecule has 0 aliphatic heterocycles. The molecule has 0 saturated heterocycles. The largest absolute Gasteiger partial charge is 0.393 e.